The van der Waals surface area contributed by atoms with Gasteiger partial charge in [-0.15, -0.1) is 0 Å². The molecule has 0 spiro atoms. The fourth-order valence-corrected chi connectivity index (χ4v) is 3.53. The Hall–Kier alpha value is -1.85. The van der Waals surface area contributed by atoms with Gasteiger partial charge in [-0.25, -0.2) is 0 Å². The molecule has 1 aromatic heterocycles. The first kappa shape index (κ1) is 18.0. The zero-order valence-electron chi connectivity index (χ0n) is 14.5. The molecular formula is C19H24ClN3O2. The molecule has 25 heavy (non-hydrogen) atoms. The van der Waals surface area contributed by atoms with Gasteiger partial charge in [0.25, 0.3) is 0 Å². The molecule has 1 atom stereocenters. The second kappa shape index (κ2) is 8.50. The predicted octanol–water partition coefficient (Wildman–Crippen LogP) is 3.88. The summed E-state index contributed by atoms with van der Waals surface area (Å²) in [6.07, 6.45) is 4.73. The Morgan fingerprint density at radius 2 is 2.28 bits per heavy atom. The number of nitrogens with zero attached hydrogens (tertiary/aromatic N) is 2. The Morgan fingerprint density at radius 3 is 3.08 bits per heavy atom. The monoisotopic (exact) mass is 361 g/mol. The molecule has 1 saturated heterocycles. The summed E-state index contributed by atoms with van der Waals surface area (Å²) in [6, 6.07) is 9.81. The lowest BCUT2D eigenvalue weighted by molar-refractivity contribution is -0.123. The predicted molar refractivity (Wildman–Crippen MR) is 98.3 cm³/mol. The summed E-state index contributed by atoms with van der Waals surface area (Å²) in [5.74, 6) is 0.662. The molecule has 1 unspecified atom stereocenters. The van der Waals surface area contributed by atoms with Crippen LogP contribution in [-0.4, -0.2) is 35.1 Å². The lowest BCUT2D eigenvalue weighted by Crippen LogP contribution is -2.45. The number of aromatic nitrogens is 1. The number of likely N-dealkylation sites (tertiary alicyclic amines) is 1. The minimum Gasteiger partial charge on any atom is -0.359 e. The van der Waals surface area contributed by atoms with Gasteiger partial charge in [0.2, 0.25) is 5.91 Å². The molecule has 1 aliphatic heterocycles. The number of carbonyl (C=O) groups excluding carboxylic acids is 1. The van der Waals surface area contributed by atoms with E-state index in [1.807, 2.05) is 30.3 Å². The van der Waals surface area contributed by atoms with E-state index in [0.717, 1.165) is 18.5 Å². The average molecular weight is 362 g/mol. The van der Waals surface area contributed by atoms with Crippen molar-refractivity contribution in [3.8, 4) is 11.3 Å². The van der Waals surface area contributed by atoms with E-state index in [9.17, 15) is 4.79 Å². The number of hydrogen-bond acceptors (Lipinski definition) is 4. The van der Waals surface area contributed by atoms with Crippen molar-refractivity contribution in [2.45, 2.75) is 45.2 Å². The maximum absolute atomic E-state index is 12.2. The van der Waals surface area contributed by atoms with Crippen LogP contribution in [0, 0.1) is 0 Å². The number of benzene rings is 1. The van der Waals surface area contributed by atoms with Gasteiger partial charge in [0.05, 0.1) is 13.1 Å². The van der Waals surface area contributed by atoms with Gasteiger partial charge in [0.15, 0.2) is 5.76 Å². The van der Waals surface area contributed by atoms with E-state index in [1.165, 1.54) is 19.3 Å². The van der Waals surface area contributed by atoms with E-state index in [2.05, 4.69) is 22.3 Å². The first-order chi connectivity index (χ1) is 12.2. The Kier molecular flexibility index (Phi) is 6.10. The summed E-state index contributed by atoms with van der Waals surface area (Å²) in [5.41, 5.74) is 1.61. The average Bonchev–Trinajstić information content (AvgIpc) is 3.09. The number of rotatable bonds is 6. The van der Waals surface area contributed by atoms with E-state index < -0.39 is 0 Å². The molecule has 1 aliphatic rings. The first-order valence-electron chi connectivity index (χ1n) is 8.88. The van der Waals surface area contributed by atoms with Crippen LogP contribution >= 0.6 is 11.6 Å². The number of hydrogen-bond donors (Lipinski definition) is 1. The molecule has 2 aromatic rings. The highest BCUT2D eigenvalue weighted by atomic mass is 35.5. The summed E-state index contributed by atoms with van der Waals surface area (Å²) >= 11 is 6.00. The van der Waals surface area contributed by atoms with Gasteiger partial charge < -0.3 is 9.84 Å². The summed E-state index contributed by atoms with van der Waals surface area (Å²) in [7, 11) is 0. The highest BCUT2D eigenvalue weighted by Gasteiger charge is 2.22. The smallest absolute Gasteiger partial charge is 0.234 e. The van der Waals surface area contributed by atoms with Crippen molar-refractivity contribution in [2.75, 3.05) is 13.1 Å². The standard InChI is InChI=1S/C19H24ClN3O2/c1-2-16-8-3-4-9-23(16)13-19(24)21-12-17-11-18(22-25-17)14-6-5-7-15(20)10-14/h5-7,10-11,16H,2-4,8-9,12-13H2,1H3,(H,21,24). The molecule has 0 radical (unpaired) electrons. The molecule has 0 bridgehead atoms. The van der Waals surface area contributed by atoms with Crippen molar-refractivity contribution in [3.05, 3.63) is 41.1 Å². The molecule has 3 rings (SSSR count). The molecule has 6 heteroatoms. The van der Waals surface area contributed by atoms with Crippen LogP contribution < -0.4 is 5.32 Å². The van der Waals surface area contributed by atoms with Gasteiger partial charge in [-0.05, 0) is 37.9 Å². The lowest BCUT2D eigenvalue weighted by Gasteiger charge is -2.34. The molecule has 0 saturated carbocycles. The number of amides is 1. The van der Waals surface area contributed by atoms with Gasteiger partial charge in [0, 0.05) is 22.7 Å². The fraction of sp³-hybridized carbons (Fsp3) is 0.474. The molecule has 2 heterocycles. The highest BCUT2D eigenvalue weighted by Crippen LogP contribution is 2.22. The maximum atomic E-state index is 12.2. The van der Waals surface area contributed by atoms with E-state index in [1.54, 1.807) is 0 Å². The van der Waals surface area contributed by atoms with Crippen molar-refractivity contribution >= 4 is 17.5 Å². The van der Waals surface area contributed by atoms with Gasteiger partial charge in [-0.1, -0.05) is 42.2 Å². The van der Waals surface area contributed by atoms with Crippen LogP contribution in [0.15, 0.2) is 34.9 Å². The molecule has 1 amide bonds. The number of halogens is 1. The maximum Gasteiger partial charge on any atom is 0.234 e. The van der Waals surface area contributed by atoms with Gasteiger partial charge in [-0.3, -0.25) is 9.69 Å². The number of piperidine rings is 1. The quantitative estimate of drug-likeness (QED) is 0.848. The Morgan fingerprint density at radius 1 is 1.40 bits per heavy atom. The molecular weight excluding hydrogens is 338 g/mol. The van der Waals surface area contributed by atoms with Crippen molar-refractivity contribution in [3.63, 3.8) is 0 Å². The molecule has 1 aromatic carbocycles. The normalized spacial score (nSPS) is 18.2. The Bertz CT molecular complexity index is 716. The van der Waals surface area contributed by atoms with Gasteiger partial charge in [-0.2, -0.15) is 0 Å². The Balaban J connectivity index is 1.52. The van der Waals surface area contributed by atoms with Crippen molar-refractivity contribution in [1.82, 2.24) is 15.4 Å². The molecule has 5 nitrogen and oxygen atoms in total. The second-order valence-electron chi connectivity index (χ2n) is 6.49. The van der Waals surface area contributed by atoms with Crippen molar-refractivity contribution in [1.29, 1.82) is 0 Å². The Labute approximate surface area is 153 Å². The van der Waals surface area contributed by atoms with Crippen molar-refractivity contribution in [2.24, 2.45) is 0 Å². The minimum atomic E-state index is 0.0288. The number of nitrogens with one attached hydrogen (secondary N) is 1. The summed E-state index contributed by atoms with van der Waals surface area (Å²) in [4.78, 5) is 14.5. The molecule has 0 aliphatic carbocycles. The van der Waals surface area contributed by atoms with Crippen LogP contribution in [0.5, 0.6) is 0 Å². The van der Waals surface area contributed by atoms with E-state index in [-0.39, 0.29) is 5.91 Å². The first-order valence-corrected chi connectivity index (χ1v) is 9.26. The minimum absolute atomic E-state index is 0.0288. The SMILES string of the molecule is CCC1CCCCN1CC(=O)NCc1cc(-c2cccc(Cl)c2)no1. The summed E-state index contributed by atoms with van der Waals surface area (Å²) in [5, 5.41) is 7.63. The third-order valence-corrected chi connectivity index (χ3v) is 4.94. The zero-order chi connectivity index (χ0) is 17.6. The van der Waals surface area contributed by atoms with Crippen LogP contribution in [0.25, 0.3) is 11.3 Å². The third-order valence-electron chi connectivity index (χ3n) is 4.71. The molecule has 1 fully saturated rings. The van der Waals surface area contributed by atoms with E-state index in [4.69, 9.17) is 16.1 Å². The summed E-state index contributed by atoms with van der Waals surface area (Å²) < 4.78 is 5.32. The largest absolute Gasteiger partial charge is 0.359 e. The lowest BCUT2D eigenvalue weighted by atomic mass is 10.0. The molecule has 134 valence electrons. The summed E-state index contributed by atoms with van der Waals surface area (Å²) in [6.45, 7) is 3.99. The molecule has 1 N–H and O–H groups in total. The van der Waals surface area contributed by atoms with Crippen LogP contribution in [0.4, 0.5) is 0 Å². The third kappa shape index (κ3) is 4.83. The second-order valence-corrected chi connectivity index (χ2v) is 6.93. The van der Waals surface area contributed by atoms with E-state index >= 15 is 0 Å². The van der Waals surface area contributed by atoms with Crippen LogP contribution in [0.1, 0.15) is 38.4 Å². The van der Waals surface area contributed by atoms with Crippen LogP contribution in [-0.2, 0) is 11.3 Å². The number of carbonyl (C=O) groups is 1. The highest BCUT2D eigenvalue weighted by molar-refractivity contribution is 6.30. The van der Waals surface area contributed by atoms with Gasteiger partial charge in [0.1, 0.15) is 5.69 Å². The van der Waals surface area contributed by atoms with E-state index in [0.29, 0.717) is 35.6 Å². The van der Waals surface area contributed by atoms with Gasteiger partial charge >= 0.3 is 0 Å². The van der Waals surface area contributed by atoms with Crippen LogP contribution in [0.3, 0.4) is 0 Å². The zero-order valence-corrected chi connectivity index (χ0v) is 15.3. The fourth-order valence-electron chi connectivity index (χ4n) is 3.34. The topological polar surface area (TPSA) is 58.4 Å². The van der Waals surface area contributed by atoms with Crippen molar-refractivity contribution < 1.29 is 9.32 Å². The van der Waals surface area contributed by atoms with Crippen LogP contribution in [0.2, 0.25) is 5.02 Å².